The molecule has 0 radical (unpaired) electrons. The van der Waals surface area contributed by atoms with Crippen molar-refractivity contribution in [1.82, 2.24) is 4.98 Å². The van der Waals surface area contributed by atoms with Gasteiger partial charge in [-0.25, -0.2) is 13.4 Å². The Morgan fingerprint density at radius 1 is 0.931 bits per heavy atom. The zero-order valence-corrected chi connectivity index (χ0v) is 15.5. The van der Waals surface area contributed by atoms with Crippen LogP contribution in [0.5, 0.6) is 0 Å². The van der Waals surface area contributed by atoms with Gasteiger partial charge >= 0.3 is 6.18 Å². The highest BCUT2D eigenvalue weighted by molar-refractivity contribution is 7.92. The van der Waals surface area contributed by atoms with Gasteiger partial charge in [-0.15, -0.1) is 0 Å². The third kappa shape index (κ3) is 4.91. The van der Waals surface area contributed by atoms with E-state index in [4.69, 9.17) is 0 Å². The van der Waals surface area contributed by atoms with E-state index in [-0.39, 0.29) is 17.1 Å². The molecule has 0 saturated carbocycles. The van der Waals surface area contributed by atoms with Gasteiger partial charge in [0, 0.05) is 6.20 Å². The molecule has 29 heavy (non-hydrogen) atoms. The first kappa shape index (κ1) is 20.3. The number of rotatable bonds is 5. The minimum absolute atomic E-state index is 0.0197. The van der Waals surface area contributed by atoms with Gasteiger partial charge in [0.25, 0.3) is 15.9 Å². The van der Waals surface area contributed by atoms with Gasteiger partial charge in [0.1, 0.15) is 5.82 Å². The number of carbonyl (C=O) groups excluding carboxylic acids is 1. The molecule has 0 aliphatic rings. The number of halogens is 3. The minimum Gasteiger partial charge on any atom is -0.306 e. The first-order chi connectivity index (χ1) is 13.7. The predicted octanol–water partition coefficient (Wildman–Crippen LogP) is 4.15. The van der Waals surface area contributed by atoms with E-state index in [2.05, 4.69) is 15.0 Å². The first-order valence-electron chi connectivity index (χ1n) is 8.18. The Morgan fingerprint density at radius 2 is 1.66 bits per heavy atom. The molecule has 1 amide bonds. The number of hydrogen-bond acceptors (Lipinski definition) is 4. The first-order valence-corrected chi connectivity index (χ1v) is 9.67. The molecular formula is C19H14F3N3O3S. The quantitative estimate of drug-likeness (QED) is 0.648. The van der Waals surface area contributed by atoms with E-state index >= 15 is 0 Å². The van der Waals surface area contributed by atoms with E-state index in [9.17, 15) is 26.4 Å². The zero-order chi connectivity index (χ0) is 21.1. The topological polar surface area (TPSA) is 88.2 Å². The summed E-state index contributed by atoms with van der Waals surface area (Å²) in [5.74, 6) is -0.376. The Labute approximate surface area is 164 Å². The normalized spacial score (nSPS) is 11.7. The largest absolute Gasteiger partial charge is 0.416 e. The molecule has 0 unspecified atom stereocenters. The molecule has 10 heteroatoms. The number of nitrogens with one attached hydrogen (secondary N) is 2. The molecule has 2 N–H and O–H groups in total. The van der Waals surface area contributed by atoms with Gasteiger partial charge in [-0.2, -0.15) is 13.2 Å². The number of pyridine rings is 1. The van der Waals surface area contributed by atoms with Crippen molar-refractivity contribution in [3.05, 3.63) is 84.1 Å². The maximum absolute atomic E-state index is 12.9. The van der Waals surface area contributed by atoms with Crippen LogP contribution in [0.3, 0.4) is 0 Å². The lowest BCUT2D eigenvalue weighted by molar-refractivity contribution is -0.137. The lowest BCUT2D eigenvalue weighted by Crippen LogP contribution is -2.19. The standard InChI is InChI=1S/C19H14F3N3O3S/c20-19(21,22)13-6-5-7-14(12-13)29(27,28)25-16-9-2-1-8-15(16)18(26)24-17-10-3-4-11-23-17/h1-12,25H,(H,23,24,26). The number of alkyl halides is 3. The summed E-state index contributed by atoms with van der Waals surface area (Å²) in [5, 5.41) is 2.52. The van der Waals surface area contributed by atoms with Crippen molar-refractivity contribution in [1.29, 1.82) is 0 Å². The van der Waals surface area contributed by atoms with Gasteiger partial charge in [-0.05, 0) is 42.5 Å². The van der Waals surface area contributed by atoms with Crippen LogP contribution in [-0.4, -0.2) is 19.3 Å². The van der Waals surface area contributed by atoms with Gasteiger partial charge in [-0.1, -0.05) is 24.3 Å². The molecule has 0 aliphatic heterocycles. The summed E-state index contributed by atoms with van der Waals surface area (Å²) in [7, 11) is -4.37. The third-order valence-corrected chi connectivity index (χ3v) is 5.16. The Kier molecular flexibility index (Phi) is 5.55. The average Bonchev–Trinajstić information content (AvgIpc) is 2.68. The van der Waals surface area contributed by atoms with Gasteiger partial charge < -0.3 is 5.32 Å². The second-order valence-corrected chi connectivity index (χ2v) is 7.53. The predicted molar refractivity (Wildman–Crippen MR) is 101 cm³/mol. The second-order valence-electron chi connectivity index (χ2n) is 5.85. The summed E-state index contributed by atoms with van der Waals surface area (Å²) in [4.78, 5) is 15.9. The molecule has 0 spiro atoms. The summed E-state index contributed by atoms with van der Waals surface area (Å²) in [6, 6.07) is 13.9. The summed E-state index contributed by atoms with van der Waals surface area (Å²) < 4.78 is 66.0. The van der Waals surface area contributed by atoms with E-state index in [1.54, 1.807) is 18.2 Å². The molecule has 0 fully saturated rings. The van der Waals surface area contributed by atoms with Crippen LogP contribution in [-0.2, 0) is 16.2 Å². The second kappa shape index (κ2) is 7.92. The number of para-hydroxylation sites is 1. The summed E-state index contributed by atoms with van der Waals surface area (Å²) in [6.07, 6.45) is -3.22. The summed E-state index contributed by atoms with van der Waals surface area (Å²) >= 11 is 0. The van der Waals surface area contributed by atoms with Gasteiger partial charge in [0.2, 0.25) is 0 Å². The highest BCUT2D eigenvalue weighted by atomic mass is 32.2. The maximum atomic E-state index is 12.9. The van der Waals surface area contributed by atoms with Crippen LogP contribution in [0.2, 0.25) is 0 Å². The van der Waals surface area contributed by atoms with E-state index in [0.29, 0.717) is 6.07 Å². The van der Waals surface area contributed by atoms with Gasteiger partial charge in [0.15, 0.2) is 0 Å². The molecule has 0 saturated heterocycles. The van der Waals surface area contributed by atoms with Crippen LogP contribution in [0, 0.1) is 0 Å². The van der Waals surface area contributed by atoms with Crippen LogP contribution in [0.15, 0.2) is 77.8 Å². The monoisotopic (exact) mass is 421 g/mol. The van der Waals surface area contributed by atoms with Crippen LogP contribution >= 0.6 is 0 Å². The molecule has 3 rings (SSSR count). The SMILES string of the molecule is O=C(Nc1ccccn1)c1ccccc1NS(=O)(=O)c1cccc(C(F)(F)F)c1. The van der Waals surface area contributed by atoms with Crippen molar-refractivity contribution >= 4 is 27.4 Å². The molecule has 3 aromatic rings. The van der Waals surface area contributed by atoms with Crippen molar-refractivity contribution < 1.29 is 26.4 Å². The van der Waals surface area contributed by atoms with Crippen LogP contribution in [0.1, 0.15) is 15.9 Å². The van der Waals surface area contributed by atoms with Crippen molar-refractivity contribution in [2.75, 3.05) is 10.0 Å². The van der Waals surface area contributed by atoms with E-state index in [0.717, 1.165) is 18.2 Å². The van der Waals surface area contributed by atoms with Gasteiger partial charge in [-0.3, -0.25) is 9.52 Å². The molecule has 1 aromatic heterocycles. The number of amides is 1. The molecule has 0 atom stereocenters. The smallest absolute Gasteiger partial charge is 0.306 e. The molecule has 1 heterocycles. The lowest BCUT2D eigenvalue weighted by atomic mass is 10.1. The van der Waals surface area contributed by atoms with Crippen LogP contribution in [0.25, 0.3) is 0 Å². The van der Waals surface area contributed by atoms with E-state index in [1.165, 1.54) is 30.5 Å². The summed E-state index contributed by atoms with van der Waals surface area (Å²) in [5.41, 5.74) is -1.20. The van der Waals surface area contributed by atoms with Crippen LogP contribution < -0.4 is 10.0 Å². The fraction of sp³-hybridized carbons (Fsp3) is 0.0526. The number of hydrogen-bond donors (Lipinski definition) is 2. The zero-order valence-electron chi connectivity index (χ0n) is 14.6. The van der Waals surface area contributed by atoms with Crippen molar-refractivity contribution in [2.45, 2.75) is 11.1 Å². The third-order valence-electron chi connectivity index (χ3n) is 3.79. The molecule has 0 bridgehead atoms. The van der Waals surface area contributed by atoms with Crippen molar-refractivity contribution in [3.63, 3.8) is 0 Å². The Balaban J connectivity index is 1.90. The highest BCUT2D eigenvalue weighted by Crippen LogP contribution is 2.31. The molecule has 0 aliphatic carbocycles. The number of sulfonamides is 1. The summed E-state index contributed by atoms with van der Waals surface area (Å²) in [6.45, 7) is 0. The molecular weight excluding hydrogens is 407 g/mol. The highest BCUT2D eigenvalue weighted by Gasteiger charge is 2.31. The van der Waals surface area contributed by atoms with Crippen molar-refractivity contribution in [2.24, 2.45) is 0 Å². The molecule has 6 nitrogen and oxygen atoms in total. The molecule has 2 aromatic carbocycles. The number of carbonyl (C=O) groups is 1. The average molecular weight is 421 g/mol. The van der Waals surface area contributed by atoms with E-state index < -0.39 is 32.6 Å². The van der Waals surface area contributed by atoms with Crippen molar-refractivity contribution in [3.8, 4) is 0 Å². The Bertz CT molecular complexity index is 1130. The number of nitrogens with zero attached hydrogens (tertiary/aromatic N) is 1. The minimum atomic E-state index is -4.69. The molecule has 150 valence electrons. The fourth-order valence-corrected chi connectivity index (χ4v) is 3.56. The van der Waals surface area contributed by atoms with Gasteiger partial charge in [0.05, 0.1) is 21.7 Å². The Hall–Kier alpha value is -3.40. The van der Waals surface area contributed by atoms with Crippen LogP contribution in [0.4, 0.5) is 24.7 Å². The fourth-order valence-electron chi connectivity index (χ4n) is 2.43. The maximum Gasteiger partial charge on any atom is 0.416 e. The Morgan fingerprint density at radius 3 is 2.34 bits per heavy atom. The number of anilines is 2. The number of aromatic nitrogens is 1. The van der Waals surface area contributed by atoms with E-state index in [1.807, 2.05) is 0 Å². The number of benzene rings is 2. The lowest BCUT2D eigenvalue weighted by Gasteiger charge is -2.14.